The molecule has 0 amide bonds. The molecule has 1 aliphatic heterocycles. The van der Waals surface area contributed by atoms with Gasteiger partial charge in [0.15, 0.2) is 0 Å². The van der Waals surface area contributed by atoms with E-state index in [2.05, 4.69) is 15.9 Å². The van der Waals surface area contributed by atoms with Crippen molar-refractivity contribution < 1.29 is 17.9 Å². The maximum Gasteiger partial charge on any atom is 0.246 e. The Labute approximate surface area is 125 Å². The van der Waals surface area contributed by atoms with Crippen molar-refractivity contribution in [1.82, 2.24) is 4.31 Å². The molecule has 3 N–H and O–H groups in total. The second-order valence-electron chi connectivity index (χ2n) is 4.94. The lowest BCUT2D eigenvalue weighted by atomic mass is 10.0. The molecule has 20 heavy (non-hydrogen) atoms. The van der Waals surface area contributed by atoms with E-state index in [0.29, 0.717) is 10.9 Å². The molecule has 112 valence electrons. The molecule has 1 fully saturated rings. The summed E-state index contributed by atoms with van der Waals surface area (Å²) >= 11 is 3.05. The van der Waals surface area contributed by atoms with Gasteiger partial charge in [0.1, 0.15) is 10.7 Å². The summed E-state index contributed by atoms with van der Waals surface area (Å²) in [6.07, 6.45) is 0.637. The van der Waals surface area contributed by atoms with Crippen LogP contribution in [0.5, 0.6) is 0 Å². The van der Waals surface area contributed by atoms with E-state index in [9.17, 15) is 17.9 Å². The summed E-state index contributed by atoms with van der Waals surface area (Å²) in [5.41, 5.74) is 5.78. The topological polar surface area (TPSA) is 83.6 Å². The highest BCUT2D eigenvalue weighted by molar-refractivity contribution is 9.10. The van der Waals surface area contributed by atoms with E-state index >= 15 is 0 Å². The van der Waals surface area contributed by atoms with Gasteiger partial charge in [-0.2, -0.15) is 4.31 Å². The molecule has 0 aliphatic carbocycles. The van der Waals surface area contributed by atoms with Crippen LogP contribution in [0.3, 0.4) is 0 Å². The minimum atomic E-state index is -4.01. The van der Waals surface area contributed by atoms with Crippen LogP contribution >= 0.6 is 15.9 Å². The fourth-order valence-corrected chi connectivity index (χ4v) is 4.54. The van der Waals surface area contributed by atoms with Crippen molar-refractivity contribution in [2.45, 2.75) is 24.3 Å². The molecule has 1 saturated heterocycles. The normalized spacial score (nSPS) is 24.2. The van der Waals surface area contributed by atoms with E-state index in [1.807, 2.05) is 6.92 Å². The summed E-state index contributed by atoms with van der Waals surface area (Å²) in [4.78, 5) is -0.453. The molecule has 1 aliphatic rings. The maximum atomic E-state index is 14.0. The van der Waals surface area contributed by atoms with Crippen LogP contribution in [0.4, 0.5) is 10.1 Å². The summed E-state index contributed by atoms with van der Waals surface area (Å²) in [6.45, 7) is 1.85. The Morgan fingerprint density at radius 3 is 2.80 bits per heavy atom. The number of aliphatic hydroxyl groups excluding tert-OH is 1. The third kappa shape index (κ3) is 2.57. The van der Waals surface area contributed by atoms with Crippen LogP contribution in [0.15, 0.2) is 21.5 Å². The summed E-state index contributed by atoms with van der Waals surface area (Å²) < 4.78 is 40.5. The lowest BCUT2D eigenvalue weighted by Gasteiger charge is -2.25. The quantitative estimate of drug-likeness (QED) is 0.795. The Morgan fingerprint density at radius 1 is 1.55 bits per heavy atom. The highest BCUT2D eigenvalue weighted by atomic mass is 79.9. The molecule has 2 unspecified atom stereocenters. The maximum absolute atomic E-state index is 14.0. The predicted octanol–water partition coefficient (Wildman–Crippen LogP) is 1.56. The van der Waals surface area contributed by atoms with Crippen molar-refractivity contribution in [2.75, 3.05) is 18.9 Å². The van der Waals surface area contributed by atoms with Crippen molar-refractivity contribution in [3.05, 3.63) is 22.4 Å². The van der Waals surface area contributed by atoms with Gasteiger partial charge in [-0.1, -0.05) is 6.92 Å². The number of aliphatic hydroxyl groups is 1. The van der Waals surface area contributed by atoms with E-state index in [-0.39, 0.29) is 24.8 Å². The minimum absolute atomic E-state index is 0.0330. The monoisotopic (exact) mass is 366 g/mol. The molecule has 1 aromatic rings. The number of anilines is 1. The van der Waals surface area contributed by atoms with E-state index in [1.54, 1.807) is 0 Å². The molecule has 0 bridgehead atoms. The van der Waals surface area contributed by atoms with Gasteiger partial charge in [0, 0.05) is 16.7 Å². The van der Waals surface area contributed by atoms with Gasteiger partial charge in [-0.3, -0.25) is 0 Å². The number of rotatable bonds is 3. The molecular weight excluding hydrogens is 351 g/mol. The molecule has 0 aromatic heterocycles. The smallest absolute Gasteiger partial charge is 0.246 e. The second-order valence-corrected chi connectivity index (χ2v) is 7.65. The van der Waals surface area contributed by atoms with Crippen LogP contribution in [0.25, 0.3) is 0 Å². The Hall–Kier alpha value is -0.700. The van der Waals surface area contributed by atoms with Crippen LogP contribution in [0, 0.1) is 11.7 Å². The third-order valence-corrected chi connectivity index (χ3v) is 6.28. The molecule has 2 rings (SSSR count). The summed E-state index contributed by atoms with van der Waals surface area (Å²) in [6, 6.07) is 1.62. The van der Waals surface area contributed by atoms with Gasteiger partial charge >= 0.3 is 0 Å². The average Bonchev–Trinajstić information content (AvgIpc) is 2.75. The van der Waals surface area contributed by atoms with E-state index < -0.39 is 26.8 Å². The van der Waals surface area contributed by atoms with Crippen molar-refractivity contribution in [3.63, 3.8) is 0 Å². The number of nitrogen functional groups attached to an aromatic ring is 1. The third-order valence-electron chi connectivity index (χ3n) is 3.66. The lowest BCUT2D eigenvalue weighted by Crippen LogP contribution is -2.40. The van der Waals surface area contributed by atoms with Gasteiger partial charge in [-0.15, -0.1) is 0 Å². The largest absolute Gasteiger partial charge is 0.398 e. The fraction of sp³-hybridized carbons (Fsp3) is 0.500. The van der Waals surface area contributed by atoms with Crippen molar-refractivity contribution in [3.8, 4) is 0 Å². The van der Waals surface area contributed by atoms with Crippen LogP contribution in [-0.4, -0.2) is 37.0 Å². The van der Waals surface area contributed by atoms with Gasteiger partial charge in [0.2, 0.25) is 10.0 Å². The van der Waals surface area contributed by atoms with Crippen LogP contribution in [-0.2, 0) is 10.0 Å². The van der Waals surface area contributed by atoms with Gasteiger partial charge < -0.3 is 10.8 Å². The van der Waals surface area contributed by atoms with Gasteiger partial charge in [-0.25, -0.2) is 12.8 Å². The highest BCUT2D eigenvalue weighted by Crippen LogP contribution is 2.33. The van der Waals surface area contributed by atoms with Crippen molar-refractivity contribution in [2.24, 2.45) is 5.92 Å². The first-order chi connectivity index (χ1) is 9.28. The average molecular weight is 367 g/mol. The molecule has 0 radical (unpaired) electrons. The number of nitrogens with zero attached hydrogens (tertiary/aromatic N) is 1. The summed E-state index contributed by atoms with van der Waals surface area (Å²) in [5.74, 6) is -0.826. The van der Waals surface area contributed by atoms with E-state index in [1.165, 1.54) is 0 Å². The molecular formula is C12H16BrFN2O3S. The molecule has 0 spiro atoms. The number of halogens is 2. The molecule has 0 saturated carbocycles. The number of benzene rings is 1. The minimum Gasteiger partial charge on any atom is -0.398 e. The summed E-state index contributed by atoms with van der Waals surface area (Å²) in [7, 11) is -4.01. The van der Waals surface area contributed by atoms with E-state index in [4.69, 9.17) is 5.73 Å². The number of sulfonamides is 1. The van der Waals surface area contributed by atoms with Crippen molar-refractivity contribution >= 4 is 31.6 Å². The zero-order chi connectivity index (χ0) is 15.1. The van der Waals surface area contributed by atoms with Gasteiger partial charge in [-0.05, 0) is 40.4 Å². The van der Waals surface area contributed by atoms with Crippen molar-refractivity contribution in [1.29, 1.82) is 0 Å². The zero-order valence-electron chi connectivity index (χ0n) is 10.9. The molecule has 8 heteroatoms. The standard InChI is InChI=1S/C12H16BrFN2O3S/c1-7-2-3-16(11(7)6-17)20(18,19)12-5-10(15)8(13)4-9(12)14/h4-5,7,11,17H,2-3,6,15H2,1H3. The van der Waals surface area contributed by atoms with Crippen LogP contribution < -0.4 is 5.73 Å². The summed E-state index contributed by atoms with van der Waals surface area (Å²) in [5, 5.41) is 9.35. The first kappa shape index (κ1) is 15.7. The van der Waals surface area contributed by atoms with Gasteiger partial charge in [0.25, 0.3) is 0 Å². The molecule has 1 heterocycles. The second kappa shape index (κ2) is 5.59. The Bertz CT molecular complexity index is 623. The van der Waals surface area contributed by atoms with Crippen LogP contribution in [0.1, 0.15) is 13.3 Å². The molecule has 2 atom stereocenters. The SMILES string of the molecule is CC1CCN(S(=O)(=O)c2cc(N)c(Br)cc2F)C1CO. The van der Waals surface area contributed by atoms with E-state index in [0.717, 1.165) is 16.4 Å². The predicted molar refractivity (Wildman–Crippen MR) is 77.1 cm³/mol. The first-order valence-electron chi connectivity index (χ1n) is 6.16. The Balaban J connectivity index is 2.48. The fourth-order valence-electron chi connectivity index (χ4n) is 2.41. The van der Waals surface area contributed by atoms with Gasteiger partial charge in [0.05, 0.1) is 12.6 Å². The number of hydrogen-bond acceptors (Lipinski definition) is 4. The first-order valence-corrected chi connectivity index (χ1v) is 8.39. The van der Waals surface area contributed by atoms with Crippen LogP contribution in [0.2, 0.25) is 0 Å². The number of nitrogens with two attached hydrogens (primary N) is 1. The Morgan fingerprint density at radius 2 is 2.20 bits per heavy atom. The zero-order valence-corrected chi connectivity index (χ0v) is 13.3. The molecule has 5 nitrogen and oxygen atoms in total. The lowest BCUT2D eigenvalue weighted by molar-refractivity contribution is 0.191. The molecule has 1 aromatic carbocycles. The highest BCUT2D eigenvalue weighted by Gasteiger charge is 2.40. The Kier molecular flexibility index (Phi) is 4.38. The number of hydrogen-bond donors (Lipinski definition) is 2.